The molecule has 1 aromatic carbocycles. The number of hydrogen-bond donors (Lipinski definition) is 0. The standard InChI is InChI=1S/C12H14O3S/c1-15-12(13)10-7-2-3-8-11(10)16(14)9-5-4-6-9/h2-3,7-9H,4-6H2,1H3. The van der Waals surface area contributed by atoms with Crippen LogP contribution in [0.25, 0.3) is 0 Å². The van der Waals surface area contributed by atoms with Crippen molar-refractivity contribution >= 4 is 16.8 Å². The molecule has 3 nitrogen and oxygen atoms in total. The Morgan fingerprint density at radius 1 is 1.38 bits per heavy atom. The second-order valence-corrected chi connectivity index (χ2v) is 5.54. The molecule has 0 saturated heterocycles. The molecule has 0 heterocycles. The fourth-order valence-electron chi connectivity index (χ4n) is 1.69. The van der Waals surface area contributed by atoms with Crippen molar-refractivity contribution in [2.45, 2.75) is 29.4 Å². The van der Waals surface area contributed by atoms with Crippen LogP contribution in [0.4, 0.5) is 0 Å². The number of hydrogen-bond acceptors (Lipinski definition) is 3. The largest absolute Gasteiger partial charge is 0.465 e. The molecule has 0 amide bonds. The highest BCUT2D eigenvalue weighted by Gasteiger charge is 2.27. The van der Waals surface area contributed by atoms with Crippen LogP contribution in [-0.2, 0) is 15.5 Å². The summed E-state index contributed by atoms with van der Waals surface area (Å²) in [6, 6.07) is 6.98. The highest BCUT2D eigenvalue weighted by molar-refractivity contribution is 7.85. The van der Waals surface area contributed by atoms with Crippen molar-refractivity contribution < 1.29 is 13.7 Å². The summed E-state index contributed by atoms with van der Waals surface area (Å²) in [6.07, 6.45) is 3.11. The Balaban J connectivity index is 2.31. The van der Waals surface area contributed by atoms with E-state index in [9.17, 15) is 9.00 Å². The zero-order chi connectivity index (χ0) is 11.5. The molecule has 2 rings (SSSR count). The van der Waals surface area contributed by atoms with E-state index in [1.54, 1.807) is 24.3 Å². The first-order valence-corrected chi connectivity index (χ1v) is 6.53. The van der Waals surface area contributed by atoms with E-state index in [0.717, 1.165) is 19.3 Å². The summed E-state index contributed by atoms with van der Waals surface area (Å²) in [5, 5.41) is 0.214. The van der Waals surface area contributed by atoms with Gasteiger partial charge in [0, 0.05) is 5.25 Å². The summed E-state index contributed by atoms with van der Waals surface area (Å²) >= 11 is 0. The molecule has 0 aromatic heterocycles. The van der Waals surface area contributed by atoms with Gasteiger partial charge in [-0.25, -0.2) is 4.79 Å². The molecule has 4 heteroatoms. The van der Waals surface area contributed by atoms with Gasteiger partial charge < -0.3 is 4.74 Å². The number of ether oxygens (including phenoxy) is 1. The molecule has 1 fully saturated rings. The summed E-state index contributed by atoms with van der Waals surface area (Å²) in [6.45, 7) is 0. The molecule has 0 aliphatic heterocycles. The summed E-state index contributed by atoms with van der Waals surface area (Å²) < 4.78 is 16.9. The summed E-state index contributed by atoms with van der Waals surface area (Å²) in [7, 11) is 0.263. The molecule has 1 aliphatic carbocycles. The minimum atomic E-state index is -1.08. The Labute approximate surface area is 97.3 Å². The van der Waals surface area contributed by atoms with E-state index in [1.165, 1.54) is 7.11 Å². The van der Waals surface area contributed by atoms with Crippen LogP contribution in [0, 0.1) is 0 Å². The number of carbonyl (C=O) groups is 1. The van der Waals surface area contributed by atoms with Crippen LogP contribution < -0.4 is 0 Å². The van der Waals surface area contributed by atoms with Gasteiger partial charge >= 0.3 is 5.97 Å². The predicted molar refractivity (Wildman–Crippen MR) is 61.8 cm³/mol. The molecule has 1 aromatic rings. The Kier molecular flexibility index (Phi) is 3.39. The lowest BCUT2D eigenvalue weighted by molar-refractivity contribution is 0.0596. The summed E-state index contributed by atoms with van der Waals surface area (Å²) in [4.78, 5) is 12.1. The van der Waals surface area contributed by atoms with Gasteiger partial charge in [-0.15, -0.1) is 0 Å². The lowest BCUT2D eigenvalue weighted by atomic mass is 10.00. The van der Waals surface area contributed by atoms with Crippen molar-refractivity contribution in [2.24, 2.45) is 0 Å². The van der Waals surface area contributed by atoms with Gasteiger partial charge in [-0.2, -0.15) is 0 Å². The summed E-state index contributed by atoms with van der Waals surface area (Å²) in [5.74, 6) is -0.414. The Morgan fingerprint density at radius 2 is 2.06 bits per heavy atom. The monoisotopic (exact) mass is 238 g/mol. The molecule has 1 saturated carbocycles. The van der Waals surface area contributed by atoms with Crippen LogP contribution in [-0.4, -0.2) is 22.5 Å². The lowest BCUT2D eigenvalue weighted by Gasteiger charge is -2.25. The zero-order valence-electron chi connectivity index (χ0n) is 9.14. The maximum absolute atomic E-state index is 12.2. The molecule has 1 atom stereocenters. The fourth-order valence-corrected chi connectivity index (χ4v) is 3.39. The van der Waals surface area contributed by atoms with Crippen LogP contribution in [0.15, 0.2) is 29.2 Å². The van der Waals surface area contributed by atoms with E-state index in [2.05, 4.69) is 4.74 Å². The van der Waals surface area contributed by atoms with Crippen molar-refractivity contribution in [3.8, 4) is 0 Å². The second kappa shape index (κ2) is 4.78. The summed E-state index contributed by atoms with van der Waals surface area (Å²) in [5.41, 5.74) is 0.426. The second-order valence-electron chi connectivity index (χ2n) is 3.84. The van der Waals surface area contributed by atoms with Crippen molar-refractivity contribution in [2.75, 3.05) is 7.11 Å². The van der Waals surface area contributed by atoms with Gasteiger partial charge in [0.15, 0.2) is 0 Å². The first-order chi connectivity index (χ1) is 7.74. The maximum Gasteiger partial charge on any atom is 0.339 e. The van der Waals surface area contributed by atoms with E-state index in [4.69, 9.17) is 0 Å². The van der Waals surface area contributed by atoms with Gasteiger partial charge in [-0.05, 0) is 25.0 Å². The normalized spacial score (nSPS) is 17.6. The zero-order valence-corrected chi connectivity index (χ0v) is 9.96. The third-order valence-corrected chi connectivity index (χ3v) is 4.73. The number of methoxy groups -OCH3 is 1. The van der Waals surface area contributed by atoms with Gasteiger partial charge in [0.05, 0.1) is 28.4 Å². The number of rotatable bonds is 3. The van der Waals surface area contributed by atoms with Crippen LogP contribution in [0.3, 0.4) is 0 Å². The maximum atomic E-state index is 12.2. The van der Waals surface area contributed by atoms with Gasteiger partial charge in [-0.3, -0.25) is 4.21 Å². The Bertz CT molecular complexity index is 424. The molecule has 0 spiro atoms. The predicted octanol–water partition coefficient (Wildman–Crippen LogP) is 2.13. The highest BCUT2D eigenvalue weighted by Crippen LogP contribution is 2.29. The lowest BCUT2D eigenvalue weighted by Crippen LogP contribution is -2.24. The Hall–Kier alpha value is -1.16. The number of esters is 1. The van der Waals surface area contributed by atoms with E-state index in [1.807, 2.05) is 0 Å². The molecular formula is C12H14O3S. The molecular weight excluding hydrogens is 224 g/mol. The van der Waals surface area contributed by atoms with Crippen molar-refractivity contribution in [3.63, 3.8) is 0 Å². The van der Waals surface area contributed by atoms with Crippen LogP contribution in [0.2, 0.25) is 0 Å². The molecule has 1 unspecified atom stereocenters. The SMILES string of the molecule is COC(=O)c1ccccc1S(=O)C1CCC1. The highest BCUT2D eigenvalue weighted by atomic mass is 32.2. The molecule has 0 radical (unpaired) electrons. The first-order valence-electron chi connectivity index (χ1n) is 5.32. The molecule has 86 valence electrons. The minimum absolute atomic E-state index is 0.214. The average molecular weight is 238 g/mol. The van der Waals surface area contributed by atoms with Gasteiger partial charge in [0.2, 0.25) is 0 Å². The van der Waals surface area contributed by atoms with Crippen LogP contribution in [0.5, 0.6) is 0 Å². The van der Waals surface area contributed by atoms with Gasteiger partial charge in [-0.1, -0.05) is 18.6 Å². The van der Waals surface area contributed by atoms with Crippen LogP contribution >= 0.6 is 0 Å². The fraction of sp³-hybridized carbons (Fsp3) is 0.417. The topological polar surface area (TPSA) is 43.4 Å². The van der Waals surface area contributed by atoms with Crippen molar-refractivity contribution in [1.29, 1.82) is 0 Å². The molecule has 16 heavy (non-hydrogen) atoms. The molecule has 0 bridgehead atoms. The van der Waals surface area contributed by atoms with Crippen molar-refractivity contribution in [3.05, 3.63) is 29.8 Å². The number of benzene rings is 1. The van der Waals surface area contributed by atoms with E-state index < -0.39 is 16.8 Å². The average Bonchev–Trinajstić information content (AvgIpc) is 2.25. The van der Waals surface area contributed by atoms with E-state index >= 15 is 0 Å². The quantitative estimate of drug-likeness (QED) is 0.758. The first kappa shape index (κ1) is 11.3. The molecule has 1 aliphatic rings. The smallest absolute Gasteiger partial charge is 0.339 e. The third kappa shape index (κ3) is 2.02. The van der Waals surface area contributed by atoms with Crippen molar-refractivity contribution in [1.82, 2.24) is 0 Å². The van der Waals surface area contributed by atoms with Gasteiger partial charge in [0.1, 0.15) is 0 Å². The Morgan fingerprint density at radius 3 is 2.62 bits per heavy atom. The van der Waals surface area contributed by atoms with E-state index in [-0.39, 0.29) is 5.25 Å². The van der Waals surface area contributed by atoms with Crippen LogP contribution in [0.1, 0.15) is 29.6 Å². The van der Waals surface area contributed by atoms with Gasteiger partial charge in [0.25, 0.3) is 0 Å². The molecule has 0 N–H and O–H groups in total. The third-order valence-electron chi connectivity index (χ3n) is 2.86. The van der Waals surface area contributed by atoms with E-state index in [0.29, 0.717) is 10.5 Å². The minimum Gasteiger partial charge on any atom is -0.465 e. The number of carbonyl (C=O) groups excluding carboxylic acids is 1.